The van der Waals surface area contributed by atoms with Gasteiger partial charge in [0.05, 0.1) is 6.61 Å². The summed E-state index contributed by atoms with van der Waals surface area (Å²) < 4.78 is 0. The molecule has 0 aliphatic rings. The fourth-order valence-electron chi connectivity index (χ4n) is 2.15. The predicted octanol–water partition coefficient (Wildman–Crippen LogP) is 2.13. The first-order valence-electron chi connectivity index (χ1n) is 6.74. The molecule has 4 nitrogen and oxygen atoms in total. The van der Waals surface area contributed by atoms with E-state index in [1.807, 2.05) is 18.2 Å². The minimum Gasteiger partial charge on any atom is -0.392 e. The van der Waals surface area contributed by atoms with Gasteiger partial charge in [0.25, 0.3) is 0 Å². The number of carbonyl (C=O) groups is 1. The molecule has 0 heterocycles. The predicted molar refractivity (Wildman–Crippen MR) is 77.6 cm³/mol. The van der Waals surface area contributed by atoms with Crippen molar-refractivity contribution in [3.8, 4) is 0 Å². The first-order valence-corrected chi connectivity index (χ1v) is 6.74. The zero-order chi connectivity index (χ0) is 14.3. The van der Waals surface area contributed by atoms with Crippen LogP contribution in [-0.4, -0.2) is 17.6 Å². The van der Waals surface area contributed by atoms with E-state index in [0.29, 0.717) is 18.9 Å². The molecule has 0 fully saturated rings. The Morgan fingerprint density at radius 2 is 2.16 bits per heavy atom. The van der Waals surface area contributed by atoms with Crippen molar-refractivity contribution >= 4 is 11.6 Å². The Morgan fingerprint density at radius 3 is 2.74 bits per heavy atom. The standard InChI is InChI=1S/C15H24N2O2/c1-11(2)6-13(9-16)8-15(19)17-14-5-3-4-12(7-14)10-18/h3-5,7,11,13,18H,6,8-10,16H2,1-2H3,(H,17,19)/t13-/m0/s1. The molecule has 0 aliphatic carbocycles. The van der Waals surface area contributed by atoms with Crippen molar-refractivity contribution in [2.75, 3.05) is 11.9 Å². The second-order valence-corrected chi connectivity index (χ2v) is 5.34. The summed E-state index contributed by atoms with van der Waals surface area (Å²) in [6, 6.07) is 7.22. The van der Waals surface area contributed by atoms with Gasteiger partial charge in [-0.15, -0.1) is 0 Å². The molecule has 1 rings (SSSR count). The molecule has 106 valence electrons. The molecule has 19 heavy (non-hydrogen) atoms. The quantitative estimate of drug-likeness (QED) is 0.706. The second kappa shape index (κ2) is 7.92. The summed E-state index contributed by atoms with van der Waals surface area (Å²) in [5.74, 6) is 0.742. The fraction of sp³-hybridized carbons (Fsp3) is 0.533. The highest BCUT2D eigenvalue weighted by atomic mass is 16.3. The number of nitrogens with two attached hydrogens (primary N) is 1. The van der Waals surface area contributed by atoms with Crippen LogP contribution in [0.3, 0.4) is 0 Å². The van der Waals surface area contributed by atoms with Gasteiger partial charge in [-0.3, -0.25) is 4.79 Å². The minimum absolute atomic E-state index is 0.0220. The third-order valence-electron chi connectivity index (χ3n) is 3.01. The number of benzene rings is 1. The minimum atomic E-state index is -0.0253. The summed E-state index contributed by atoms with van der Waals surface area (Å²) in [4.78, 5) is 11.9. The topological polar surface area (TPSA) is 75.4 Å². The van der Waals surface area contributed by atoms with Gasteiger partial charge in [0, 0.05) is 12.1 Å². The lowest BCUT2D eigenvalue weighted by Gasteiger charge is -2.16. The zero-order valence-electron chi connectivity index (χ0n) is 11.7. The van der Waals surface area contributed by atoms with Gasteiger partial charge >= 0.3 is 0 Å². The van der Waals surface area contributed by atoms with Crippen molar-refractivity contribution in [3.63, 3.8) is 0 Å². The highest BCUT2D eigenvalue weighted by Gasteiger charge is 2.14. The molecule has 1 aromatic carbocycles. The van der Waals surface area contributed by atoms with Crippen LogP contribution in [0, 0.1) is 11.8 Å². The van der Waals surface area contributed by atoms with E-state index in [0.717, 1.165) is 17.7 Å². The Morgan fingerprint density at radius 1 is 1.42 bits per heavy atom. The Labute approximate surface area is 115 Å². The summed E-state index contributed by atoms with van der Waals surface area (Å²) >= 11 is 0. The third kappa shape index (κ3) is 5.85. The molecule has 0 spiro atoms. The Bertz CT molecular complexity index is 405. The van der Waals surface area contributed by atoms with Crippen LogP contribution in [0.4, 0.5) is 5.69 Å². The number of hydrogen-bond donors (Lipinski definition) is 3. The number of amides is 1. The Hall–Kier alpha value is -1.39. The summed E-state index contributed by atoms with van der Waals surface area (Å²) in [5, 5.41) is 11.9. The first-order chi connectivity index (χ1) is 9.05. The molecular weight excluding hydrogens is 240 g/mol. The Kier molecular flexibility index (Phi) is 6.53. The molecule has 0 aliphatic heterocycles. The maximum absolute atomic E-state index is 11.9. The Balaban J connectivity index is 2.53. The van der Waals surface area contributed by atoms with Crippen LogP contribution in [0.25, 0.3) is 0 Å². The van der Waals surface area contributed by atoms with E-state index in [2.05, 4.69) is 19.2 Å². The molecule has 1 aromatic rings. The van der Waals surface area contributed by atoms with E-state index < -0.39 is 0 Å². The largest absolute Gasteiger partial charge is 0.392 e. The van der Waals surface area contributed by atoms with E-state index in [9.17, 15) is 4.79 Å². The molecule has 0 aromatic heterocycles. The van der Waals surface area contributed by atoms with Crippen molar-refractivity contribution < 1.29 is 9.90 Å². The van der Waals surface area contributed by atoms with Crippen LogP contribution >= 0.6 is 0 Å². The van der Waals surface area contributed by atoms with Gasteiger partial charge in [0.1, 0.15) is 0 Å². The van der Waals surface area contributed by atoms with Crippen molar-refractivity contribution in [2.24, 2.45) is 17.6 Å². The highest BCUT2D eigenvalue weighted by Crippen LogP contribution is 2.16. The van der Waals surface area contributed by atoms with Crippen LogP contribution in [0.1, 0.15) is 32.3 Å². The summed E-state index contributed by atoms with van der Waals surface area (Å²) in [6.07, 6.45) is 1.40. The van der Waals surface area contributed by atoms with Gasteiger partial charge in [-0.05, 0) is 42.5 Å². The third-order valence-corrected chi connectivity index (χ3v) is 3.01. The summed E-state index contributed by atoms with van der Waals surface area (Å²) in [7, 11) is 0. The lowest BCUT2D eigenvalue weighted by molar-refractivity contribution is -0.117. The van der Waals surface area contributed by atoms with Gasteiger partial charge in [-0.2, -0.15) is 0 Å². The molecule has 1 amide bonds. The van der Waals surface area contributed by atoms with Crippen molar-refractivity contribution in [1.29, 1.82) is 0 Å². The lowest BCUT2D eigenvalue weighted by Crippen LogP contribution is -2.23. The van der Waals surface area contributed by atoms with Gasteiger partial charge in [0.2, 0.25) is 5.91 Å². The van der Waals surface area contributed by atoms with Crippen molar-refractivity contribution in [3.05, 3.63) is 29.8 Å². The van der Waals surface area contributed by atoms with Crippen LogP contribution in [0.15, 0.2) is 24.3 Å². The number of aliphatic hydroxyl groups excluding tert-OH is 1. The van der Waals surface area contributed by atoms with E-state index in [4.69, 9.17) is 10.8 Å². The number of hydrogen-bond acceptors (Lipinski definition) is 3. The van der Waals surface area contributed by atoms with E-state index in [-0.39, 0.29) is 18.4 Å². The first kappa shape index (κ1) is 15.7. The average molecular weight is 264 g/mol. The van der Waals surface area contributed by atoms with Gasteiger partial charge in [0.15, 0.2) is 0 Å². The van der Waals surface area contributed by atoms with Crippen LogP contribution in [0.2, 0.25) is 0 Å². The van der Waals surface area contributed by atoms with Crippen LogP contribution in [0.5, 0.6) is 0 Å². The molecule has 0 radical (unpaired) electrons. The van der Waals surface area contributed by atoms with Crippen molar-refractivity contribution in [2.45, 2.75) is 33.3 Å². The molecule has 4 heteroatoms. The highest BCUT2D eigenvalue weighted by molar-refractivity contribution is 5.90. The van der Waals surface area contributed by atoms with E-state index in [1.54, 1.807) is 6.07 Å². The normalized spacial score (nSPS) is 12.5. The molecule has 0 unspecified atom stereocenters. The SMILES string of the molecule is CC(C)C[C@H](CN)CC(=O)Nc1cccc(CO)c1. The number of carbonyl (C=O) groups excluding carboxylic acids is 1. The molecule has 1 atom stereocenters. The van der Waals surface area contributed by atoms with Gasteiger partial charge < -0.3 is 16.2 Å². The number of rotatable bonds is 7. The van der Waals surface area contributed by atoms with Gasteiger partial charge in [-0.25, -0.2) is 0 Å². The maximum Gasteiger partial charge on any atom is 0.224 e. The molecular formula is C15H24N2O2. The fourth-order valence-corrected chi connectivity index (χ4v) is 2.15. The number of anilines is 1. The van der Waals surface area contributed by atoms with Crippen LogP contribution in [-0.2, 0) is 11.4 Å². The van der Waals surface area contributed by atoms with Gasteiger partial charge in [-0.1, -0.05) is 26.0 Å². The van der Waals surface area contributed by atoms with E-state index >= 15 is 0 Å². The molecule has 0 bridgehead atoms. The number of nitrogens with one attached hydrogen (secondary N) is 1. The maximum atomic E-state index is 11.9. The molecule has 0 saturated carbocycles. The molecule has 0 saturated heterocycles. The van der Waals surface area contributed by atoms with Crippen molar-refractivity contribution in [1.82, 2.24) is 0 Å². The summed E-state index contributed by atoms with van der Waals surface area (Å²) in [6.45, 7) is 4.77. The monoisotopic (exact) mass is 264 g/mol. The second-order valence-electron chi connectivity index (χ2n) is 5.34. The lowest BCUT2D eigenvalue weighted by atomic mass is 9.94. The summed E-state index contributed by atoms with van der Waals surface area (Å²) in [5.41, 5.74) is 7.20. The molecule has 4 N–H and O–H groups in total. The average Bonchev–Trinajstić information content (AvgIpc) is 2.37. The smallest absolute Gasteiger partial charge is 0.224 e. The van der Waals surface area contributed by atoms with Crippen LogP contribution < -0.4 is 11.1 Å². The van der Waals surface area contributed by atoms with E-state index in [1.165, 1.54) is 0 Å². The number of aliphatic hydroxyl groups is 1. The zero-order valence-corrected chi connectivity index (χ0v) is 11.7.